The van der Waals surface area contributed by atoms with Gasteiger partial charge in [-0.1, -0.05) is 38.1 Å². The van der Waals surface area contributed by atoms with Crippen LogP contribution in [0.4, 0.5) is 5.69 Å². The summed E-state index contributed by atoms with van der Waals surface area (Å²) in [6.07, 6.45) is 3.34. The Kier molecular flexibility index (Phi) is 5.95. The first-order valence-electron chi connectivity index (χ1n) is 10.7. The molecule has 0 spiro atoms. The van der Waals surface area contributed by atoms with Gasteiger partial charge >= 0.3 is 0 Å². The van der Waals surface area contributed by atoms with Crippen LogP contribution >= 0.6 is 0 Å². The molecule has 3 aromatic rings. The van der Waals surface area contributed by atoms with Crippen LogP contribution in [-0.2, 0) is 24.3 Å². The SMILES string of the molecule is CCc1nc2ccccc2n1CC(=O)Nc1cccc(CN2CCC(C)CC2)c1. The van der Waals surface area contributed by atoms with Gasteiger partial charge in [0.1, 0.15) is 12.4 Å². The molecule has 2 heterocycles. The molecule has 1 saturated heterocycles. The van der Waals surface area contributed by atoms with E-state index in [4.69, 9.17) is 0 Å². The molecule has 0 unspecified atom stereocenters. The Morgan fingerprint density at radius 2 is 1.93 bits per heavy atom. The average Bonchev–Trinajstić information content (AvgIpc) is 3.07. The molecular weight excluding hydrogens is 360 g/mol. The molecule has 0 aliphatic carbocycles. The van der Waals surface area contributed by atoms with Crippen molar-refractivity contribution in [1.29, 1.82) is 0 Å². The minimum absolute atomic E-state index is 0.0215. The quantitative estimate of drug-likeness (QED) is 0.676. The van der Waals surface area contributed by atoms with Gasteiger partial charge in [0.15, 0.2) is 0 Å². The van der Waals surface area contributed by atoms with Gasteiger partial charge in [-0.25, -0.2) is 4.98 Å². The minimum atomic E-state index is -0.0215. The minimum Gasteiger partial charge on any atom is -0.325 e. The molecule has 1 aromatic heterocycles. The van der Waals surface area contributed by atoms with Crippen molar-refractivity contribution < 1.29 is 4.79 Å². The molecule has 29 heavy (non-hydrogen) atoms. The molecule has 2 aromatic carbocycles. The number of piperidine rings is 1. The molecule has 5 nitrogen and oxygen atoms in total. The fraction of sp³-hybridized carbons (Fsp3) is 0.417. The summed E-state index contributed by atoms with van der Waals surface area (Å²) < 4.78 is 2.02. The van der Waals surface area contributed by atoms with Gasteiger partial charge in [-0.05, 0) is 61.7 Å². The van der Waals surface area contributed by atoms with E-state index in [0.717, 1.165) is 54.5 Å². The molecular formula is C24H30N4O. The molecule has 0 atom stereocenters. The number of anilines is 1. The Morgan fingerprint density at radius 3 is 2.72 bits per heavy atom. The number of nitrogens with one attached hydrogen (secondary N) is 1. The Balaban J connectivity index is 1.43. The summed E-state index contributed by atoms with van der Waals surface area (Å²) in [4.78, 5) is 19.9. The zero-order chi connectivity index (χ0) is 20.2. The van der Waals surface area contributed by atoms with Gasteiger partial charge in [0.25, 0.3) is 0 Å². The molecule has 0 saturated carbocycles. The summed E-state index contributed by atoms with van der Waals surface area (Å²) in [6, 6.07) is 16.2. The maximum atomic E-state index is 12.8. The van der Waals surface area contributed by atoms with E-state index < -0.39 is 0 Å². The summed E-state index contributed by atoms with van der Waals surface area (Å²) in [5.74, 6) is 1.75. The third-order valence-corrected chi connectivity index (χ3v) is 5.84. The molecule has 0 radical (unpaired) electrons. The van der Waals surface area contributed by atoms with Crippen LogP contribution in [0.3, 0.4) is 0 Å². The summed E-state index contributed by atoms with van der Waals surface area (Å²) in [5, 5.41) is 3.07. The predicted molar refractivity (Wildman–Crippen MR) is 118 cm³/mol. The summed E-state index contributed by atoms with van der Waals surface area (Å²) in [7, 11) is 0. The number of nitrogens with zero attached hydrogens (tertiary/aromatic N) is 3. The van der Waals surface area contributed by atoms with Crippen molar-refractivity contribution in [2.45, 2.75) is 46.2 Å². The normalized spacial score (nSPS) is 15.7. The molecule has 0 bridgehead atoms. The smallest absolute Gasteiger partial charge is 0.244 e. The van der Waals surface area contributed by atoms with E-state index in [2.05, 4.69) is 41.2 Å². The number of carbonyl (C=O) groups excluding carboxylic acids is 1. The predicted octanol–water partition coefficient (Wildman–Crippen LogP) is 4.47. The number of benzene rings is 2. The van der Waals surface area contributed by atoms with Gasteiger partial charge in [0.2, 0.25) is 5.91 Å². The van der Waals surface area contributed by atoms with Gasteiger partial charge in [-0.3, -0.25) is 9.69 Å². The lowest BCUT2D eigenvalue weighted by Gasteiger charge is -2.30. The second-order valence-corrected chi connectivity index (χ2v) is 8.16. The van der Waals surface area contributed by atoms with Crippen molar-refractivity contribution in [3.8, 4) is 0 Å². The van der Waals surface area contributed by atoms with Crippen LogP contribution in [0.1, 0.15) is 38.1 Å². The molecule has 1 aliphatic heterocycles. The lowest BCUT2D eigenvalue weighted by Crippen LogP contribution is -2.32. The molecule has 1 aliphatic rings. The van der Waals surface area contributed by atoms with Gasteiger partial charge in [0, 0.05) is 18.7 Å². The van der Waals surface area contributed by atoms with Crippen molar-refractivity contribution in [3.05, 3.63) is 59.9 Å². The Morgan fingerprint density at radius 1 is 1.14 bits per heavy atom. The van der Waals surface area contributed by atoms with Gasteiger partial charge in [-0.15, -0.1) is 0 Å². The zero-order valence-electron chi connectivity index (χ0n) is 17.4. The monoisotopic (exact) mass is 390 g/mol. The van der Waals surface area contributed by atoms with E-state index in [1.165, 1.54) is 18.4 Å². The van der Waals surface area contributed by atoms with Crippen molar-refractivity contribution in [2.75, 3.05) is 18.4 Å². The van der Waals surface area contributed by atoms with Crippen LogP contribution in [-0.4, -0.2) is 33.4 Å². The number of hydrogen-bond donors (Lipinski definition) is 1. The van der Waals surface area contributed by atoms with Crippen LogP contribution in [0, 0.1) is 5.92 Å². The Labute approximate surface area is 172 Å². The van der Waals surface area contributed by atoms with E-state index in [1.54, 1.807) is 0 Å². The van der Waals surface area contributed by atoms with Crippen LogP contribution in [0.25, 0.3) is 11.0 Å². The maximum Gasteiger partial charge on any atom is 0.244 e. The summed E-state index contributed by atoms with van der Waals surface area (Å²) in [5.41, 5.74) is 4.06. The highest BCUT2D eigenvalue weighted by Gasteiger charge is 2.16. The number of aromatic nitrogens is 2. The van der Waals surface area contributed by atoms with E-state index in [0.29, 0.717) is 0 Å². The highest BCUT2D eigenvalue weighted by molar-refractivity contribution is 5.91. The van der Waals surface area contributed by atoms with Crippen molar-refractivity contribution in [1.82, 2.24) is 14.5 Å². The van der Waals surface area contributed by atoms with E-state index in [-0.39, 0.29) is 12.5 Å². The molecule has 4 rings (SSSR count). The lowest BCUT2D eigenvalue weighted by molar-refractivity contribution is -0.116. The van der Waals surface area contributed by atoms with Gasteiger partial charge < -0.3 is 9.88 Å². The number of fused-ring (bicyclic) bond motifs is 1. The topological polar surface area (TPSA) is 50.2 Å². The third-order valence-electron chi connectivity index (χ3n) is 5.84. The zero-order valence-corrected chi connectivity index (χ0v) is 17.4. The highest BCUT2D eigenvalue weighted by Crippen LogP contribution is 2.20. The number of likely N-dealkylation sites (tertiary alicyclic amines) is 1. The average molecular weight is 391 g/mol. The molecule has 5 heteroatoms. The largest absolute Gasteiger partial charge is 0.325 e. The van der Waals surface area contributed by atoms with E-state index >= 15 is 0 Å². The molecule has 152 valence electrons. The summed E-state index contributed by atoms with van der Waals surface area (Å²) >= 11 is 0. The number of hydrogen-bond acceptors (Lipinski definition) is 3. The molecule has 1 fully saturated rings. The van der Waals surface area contributed by atoms with Crippen LogP contribution in [0.2, 0.25) is 0 Å². The lowest BCUT2D eigenvalue weighted by atomic mass is 9.99. The number of amides is 1. The number of rotatable bonds is 6. The number of carbonyl (C=O) groups is 1. The number of para-hydroxylation sites is 2. The second-order valence-electron chi connectivity index (χ2n) is 8.16. The fourth-order valence-electron chi connectivity index (χ4n) is 4.14. The molecule has 1 amide bonds. The fourth-order valence-corrected chi connectivity index (χ4v) is 4.14. The first kappa shape index (κ1) is 19.6. The molecule has 1 N–H and O–H groups in total. The van der Waals surface area contributed by atoms with E-state index in [1.807, 2.05) is 41.0 Å². The number of imidazole rings is 1. The van der Waals surface area contributed by atoms with Crippen LogP contribution < -0.4 is 5.32 Å². The Bertz CT molecular complexity index is 985. The van der Waals surface area contributed by atoms with Crippen molar-refractivity contribution in [2.24, 2.45) is 5.92 Å². The van der Waals surface area contributed by atoms with Gasteiger partial charge in [0.05, 0.1) is 11.0 Å². The summed E-state index contributed by atoms with van der Waals surface area (Å²) in [6.45, 7) is 7.94. The van der Waals surface area contributed by atoms with Crippen LogP contribution in [0.15, 0.2) is 48.5 Å². The van der Waals surface area contributed by atoms with Crippen molar-refractivity contribution in [3.63, 3.8) is 0 Å². The maximum absolute atomic E-state index is 12.8. The first-order valence-corrected chi connectivity index (χ1v) is 10.7. The standard InChI is InChI=1S/C24H30N4O/c1-3-23-26-21-9-4-5-10-22(21)28(23)17-24(29)25-20-8-6-7-19(15-20)16-27-13-11-18(2)12-14-27/h4-10,15,18H,3,11-14,16-17H2,1-2H3,(H,25,29). The van der Waals surface area contributed by atoms with Crippen LogP contribution in [0.5, 0.6) is 0 Å². The van der Waals surface area contributed by atoms with E-state index in [9.17, 15) is 4.79 Å². The third kappa shape index (κ3) is 4.67. The van der Waals surface area contributed by atoms with Crippen molar-refractivity contribution >= 4 is 22.6 Å². The van der Waals surface area contributed by atoms with Gasteiger partial charge in [-0.2, -0.15) is 0 Å². The second kappa shape index (κ2) is 8.78. The Hall–Kier alpha value is -2.66. The number of aryl methyl sites for hydroxylation is 1. The highest BCUT2D eigenvalue weighted by atomic mass is 16.1. The first-order chi connectivity index (χ1) is 14.1.